The lowest BCUT2D eigenvalue weighted by Gasteiger charge is -2.24. The fourth-order valence-corrected chi connectivity index (χ4v) is 5.50. The molecule has 0 spiro atoms. The number of carboxylic acids is 1. The van der Waals surface area contributed by atoms with Crippen molar-refractivity contribution >= 4 is 28.9 Å². The molecule has 4 atom stereocenters. The molecule has 0 radical (unpaired) electrons. The van der Waals surface area contributed by atoms with Gasteiger partial charge in [-0.2, -0.15) is 0 Å². The van der Waals surface area contributed by atoms with E-state index in [0.717, 1.165) is 41.0 Å². The molecular formula is C22H27ClO4S. The number of rotatable bonds is 8. The zero-order chi connectivity index (χ0) is 20.3. The summed E-state index contributed by atoms with van der Waals surface area (Å²) in [7, 11) is 0. The summed E-state index contributed by atoms with van der Waals surface area (Å²) in [4.78, 5) is 12.5. The van der Waals surface area contributed by atoms with Crippen LogP contribution in [-0.2, 0) is 6.42 Å². The predicted molar refractivity (Wildman–Crippen MR) is 113 cm³/mol. The number of hydrogen-bond acceptors (Lipinski definition) is 4. The van der Waals surface area contributed by atoms with Crippen molar-refractivity contribution in [2.45, 2.75) is 51.0 Å². The lowest BCUT2D eigenvalue weighted by atomic mass is 9.90. The number of thiophene rings is 1. The molecule has 1 aromatic carbocycles. The number of carboxylic acid groups (broad SMARTS) is 1. The standard InChI is InChI=1S/C22H27ClO4S/c1-13-8-14(2)10-15(9-13)27-12-18-17(19(23)11-20(18)24)5-3-4-16-6-7-21(28-16)22(25)26/h6-10,17-20,24H,3-5,11-12H2,1-2H3,(H,25,26). The van der Waals surface area contributed by atoms with Gasteiger partial charge in [-0.05, 0) is 80.8 Å². The minimum atomic E-state index is -0.875. The van der Waals surface area contributed by atoms with E-state index in [1.165, 1.54) is 11.3 Å². The largest absolute Gasteiger partial charge is 0.493 e. The number of alkyl halides is 1. The van der Waals surface area contributed by atoms with Crippen LogP contribution in [0.25, 0.3) is 0 Å². The van der Waals surface area contributed by atoms with Crippen LogP contribution in [0.3, 0.4) is 0 Å². The Morgan fingerprint density at radius 1 is 1.21 bits per heavy atom. The summed E-state index contributed by atoms with van der Waals surface area (Å²) in [5, 5.41) is 19.4. The normalized spacial score (nSPS) is 24.4. The van der Waals surface area contributed by atoms with E-state index >= 15 is 0 Å². The molecule has 0 bridgehead atoms. The van der Waals surface area contributed by atoms with Crippen molar-refractivity contribution in [2.24, 2.45) is 11.8 Å². The molecule has 6 heteroatoms. The van der Waals surface area contributed by atoms with E-state index in [4.69, 9.17) is 21.4 Å². The average molecular weight is 423 g/mol. The Morgan fingerprint density at radius 2 is 1.93 bits per heavy atom. The van der Waals surface area contributed by atoms with Crippen LogP contribution in [0, 0.1) is 25.7 Å². The molecule has 1 aliphatic carbocycles. The van der Waals surface area contributed by atoms with Gasteiger partial charge in [-0.25, -0.2) is 4.79 Å². The van der Waals surface area contributed by atoms with Crippen LogP contribution in [0.4, 0.5) is 0 Å². The maximum Gasteiger partial charge on any atom is 0.345 e. The summed E-state index contributed by atoms with van der Waals surface area (Å²) in [6.07, 6.45) is 2.79. The highest BCUT2D eigenvalue weighted by Gasteiger charge is 2.41. The third-order valence-corrected chi connectivity index (χ3v) is 7.08. The maximum absolute atomic E-state index is 11.0. The van der Waals surface area contributed by atoms with E-state index in [0.29, 0.717) is 17.9 Å². The molecule has 28 heavy (non-hydrogen) atoms. The van der Waals surface area contributed by atoms with Crippen LogP contribution in [0.15, 0.2) is 30.3 Å². The molecule has 1 aliphatic rings. The molecule has 1 heterocycles. The Labute approximate surface area is 175 Å². The summed E-state index contributed by atoms with van der Waals surface area (Å²) >= 11 is 7.87. The van der Waals surface area contributed by atoms with E-state index in [2.05, 4.69) is 6.07 Å². The smallest absolute Gasteiger partial charge is 0.345 e. The number of aromatic carboxylic acids is 1. The van der Waals surface area contributed by atoms with Crippen LogP contribution < -0.4 is 4.74 Å². The molecule has 3 rings (SSSR count). The van der Waals surface area contributed by atoms with E-state index in [1.54, 1.807) is 6.07 Å². The highest BCUT2D eigenvalue weighted by Crippen LogP contribution is 2.39. The zero-order valence-corrected chi connectivity index (χ0v) is 17.8. The molecule has 2 aromatic rings. The van der Waals surface area contributed by atoms with Gasteiger partial charge in [0.15, 0.2) is 0 Å². The lowest BCUT2D eigenvalue weighted by molar-refractivity contribution is 0.0701. The van der Waals surface area contributed by atoms with Crippen LogP contribution in [0.2, 0.25) is 0 Å². The quantitative estimate of drug-likeness (QED) is 0.583. The molecule has 1 saturated carbocycles. The van der Waals surface area contributed by atoms with Gasteiger partial charge >= 0.3 is 5.97 Å². The summed E-state index contributed by atoms with van der Waals surface area (Å²) < 4.78 is 6.01. The Morgan fingerprint density at radius 3 is 2.57 bits per heavy atom. The van der Waals surface area contributed by atoms with Crippen molar-refractivity contribution in [3.05, 3.63) is 51.2 Å². The van der Waals surface area contributed by atoms with Gasteiger partial charge in [-0.3, -0.25) is 0 Å². The van der Waals surface area contributed by atoms with E-state index in [-0.39, 0.29) is 17.2 Å². The first-order valence-electron chi connectivity index (χ1n) is 9.68. The molecular weight excluding hydrogens is 396 g/mol. The van der Waals surface area contributed by atoms with Crippen molar-refractivity contribution in [1.82, 2.24) is 0 Å². The monoisotopic (exact) mass is 422 g/mol. The maximum atomic E-state index is 11.0. The van der Waals surface area contributed by atoms with Gasteiger partial charge in [0.25, 0.3) is 0 Å². The van der Waals surface area contributed by atoms with Crippen molar-refractivity contribution < 1.29 is 19.7 Å². The van der Waals surface area contributed by atoms with Gasteiger partial charge in [-0.15, -0.1) is 22.9 Å². The number of carbonyl (C=O) groups is 1. The van der Waals surface area contributed by atoms with Crippen LogP contribution in [-0.4, -0.2) is 34.3 Å². The molecule has 1 fully saturated rings. The van der Waals surface area contributed by atoms with E-state index in [9.17, 15) is 9.90 Å². The Bertz CT molecular complexity index is 798. The number of aliphatic hydroxyl groups is 1. The predicted octanol–water partition coefficient (Wildman–Crippen LogP) is 5.07. The number of hydrogen-bond donors (Lipinski definition) is 2. The highest BCUT2D eigenvalue weighted by molar-refractivity contribution is 7.13. The van der Waals surface area contributed by atoms with Crippen LogP contribution in [0.1, 0.15) is 44.9 Å². The summed E-state index contributed by atoms with van der Waals surface area (Å²) in [6.45, 7) is 4.55. The van der Waals surface area contributed by atoms with Crippen LogP contribution in [0.5, 0.6) is 5.75 Å². The van der Waals surface area contributed by atoms with E-state index in [1.807, 2.05) is 32.0 Å². The molecule has 1 aromatic heterocycles. The first-order valence-corrected chi connectivity index (χ1v) is 10.9. The van der Waals surface area contributed by atoms with Crippen molar-refractivity contribution in [3.8, 4) is 5.75 Å². The summed E-state index contributed by atoms with van der Waals surface area (Å²) in [6, 6.07) is 9.68. The Kier molecular flexibility index (Phi) is 7.02. The Balaban J connectivity index is 1.56. The molecule has 0 aliphatic heterocycles. The average Bonchev–Trinajstić information content (AvgIpc) is 3.18. The van der Waals surface area contributed by atoms with Gasteiger partial charge in [0.05, 0.1) is 12.7 Å². The number of ether oxygens (including phenoxy) is 1. The van der Waals surface area contributed by atoms with Crippen molar-refractivity contribution in [1.29, 1.82) is 0 Å². The van der Waals surface area contributed by atoms with Gasteiger partial charge < -0.3 is 14.9 Å². The number of aliphatic hydroxyl groups excluding tert-OH is 1. The number of benzene rings is 1. The zero-order valence-electron chi connectivity index (χ0n) is 16.2. The molecule has 2 N–H and O–H groups in total. The van der Waals surface area contributed by atoms with Gasteiger partial charge in [0.1, 0.15) is 10.6 Å². The lowest BCUT2D eigenvalue weighted by Crippen LogP contribution is -2.27. The molecule has 4 unspecified atom stereocenters. The third kappa shape index (κ3) is 5.28. The molecule has 0 saturated heterocycles. The second kappa shape index (κ2) is 9.29. The van der Waals surface area contributed by atoms with Gasteiger partial charge in [0, 0.05) is 16.2 Å². The summed E-state index contributed by atoms with van der Waals surface area (Å²) in [5.74, 6) is 0.170. The van der Waals surface area contributed by atoms with Crippen molar-refractivity contribution in [2.75, 3.05) is 6.61 Å². The minimum absolute atomic E-state index is 0.0150. The third-order valence-electron chi connectivity index (χ3n) is 5.45. The highest BCUT2D eigenvalue weighted by atomic mass is 35.5. The summed E-state index contributed by atoms with van der Waals surface area (Å²) in [5.41, 5.74) is 2.32. The fourth-order valence-electron chi connectivity index (χ4n) is 4.11. The topological polar surface area (TPSA) is 66.8 Å². The second-order valence-electron chi connectivity index (χ2n) is 7.74. The first-order chi connectivity index (χ1) is 13.3. The van der Waals surface area contributed by atoms with Gasteiger partial charge in [0.2, 0.25) is 0 Å². The minimum Gasteiger partial charge on any atom is -0.493 e. The van der Waals surface area contributed by atoms with Crippen molar-refractivity contribution in [3.63, 3.8) is 0 Å². The number of aryl methyl sites for hydroxylation is 3. The number of halogens is 1. The van der Waals surface area contributed by atoms with E-state index < -0.39 is 12.1 Å². The van der Waals surface area contributed by atoms with Gasteiger partial charge in [-0.1, -0.05) is 6.07 Å². The fraction of sp³-hybridized carbons (Fsp3) is 0.500. The van der Waals surface area contributed by atoms with Crippen LogP contribution >= 0.6 is 22.9 Å². The first kappa shape index (κ1) is 21.2. The SMILES string of the molecule is Cc1cc(C)cc(OCC2C(O)CC(Cl)C2CCCc2ccc(C(=O)O)s2)c1. The molecule has 152 valence electrons. The molecule has 4 nitrogen and oxygen atoms in total. The Hall–Kier alpha value is -1.56. The molecule has 0 amide bonds. The second-order valence-corrected chi connectivity index (χ2v) is 9.47.